The highest BCUT2D eigenvalue weighted by atomic mass is 19.1. The predicted octanol–water partition coefficient (Wildman–Crippen LogP) is 1.27. The molecule has 5 heteroatoms. The third kappa shape index (κ3) is 2.36. The number of hydrogen-bond donors (Lipinski definition) is 1. The van der Waals surface area contributed by atoms with E-state index in [4.69, 9.17) is 0 Å². The third-order valence-electron chi connectivity index (χ3n) is 2.40. The fourth-order valence-corrected chi connectivity index (χ4v) is 1.61. The SMILES string of the molecule is O=C1CCN(Cc2cccc(F)c2)C(=O)N1. The van der Waals surface area contributed by atoms with Gasteiger partial charge in [-0.15, -0.1) is 0 Å². The molecule has 1 aromatic carbocycles. The topological polar surface area (TPSA) is 49.4 Å². The van der Waals surface area contributed by atoms with Crippen molar-refractivity contribution in [1.82, 2.24) is 10.2 Å². The Balaban J connectivity index is 2.05. The molecule has 0 unspecified atom stereocenters. The first-order valence-electron chi connectivity index (χ1n) is 4.98. The van der Waals surface area contributed by atoms with Gasteiger partial charge in [0.25, 0.3) is 0 Å². The van der Waals surface area contributed by atoms with E-state index in [9.17, 15) is 14.0 Å². The van der Waals surface area contributed by atoms with E-state index >= 15 is 0 Å². The maximum absolute atomic E-state index is 12.9. The van der Waals surface area contributed by atoms with E-state index < -0.39 is 6.03 Å². The minimum absolute atomic E-state index is 0.263. The number of carbonyl (C=O) groups is 2. The standard InChI is InChI=1S/C11H11FN2O2/c12-9-3-1-2-8(6-9)7-14-5-4-10(15)13-11(14)16/h1-3,6H,4-5,7H2,(H,13,15,16). The summed E-state index contributed by atoms with van der Waals surface area (Å²) >= 11 is 0. The second-order valence-corrected chi connectivity index (χ2v) is 3.65. The zero-order chi connectivity index (χ0) is 11.5. The normalized spacial score (nSPS) is 16.2. The molecule has 3 amide bonds. The van der Waals surface area contributed by atoms with Crippen LogP contribution < -0.4 is 5.32 Å². The van der Waals surface area contributed by atoms with Crippen molar-refractivity contribution < 1.29 is 14.0 Å². The lowest BCUT2D eigenvalue weighted by atomic mass is 10.2. The van der Waals surface area contributed by atoms with Crippen LogP contribution in [-0.4, -0.2) is 23.4 Å². The van der Waals surface area contributed by atoms with Gasteiger partial charge in [0, 0.05) is 19.5 Å². The Bertz CT molecular complexity index is 434. The van der Waals surface area contributed by atoms with Gasteiger partial charge in [0.15, 0.2) is 0 Å². The summed E-state index contributed by atoms with van der Waals surface area (Å²) in [5.74, 6) is -0.591. The van der Waals surface area contributed by atoms with Crippen LogP contribution in [-0.2, 0) is 11.3 Å². The van der Waals surface area contributed by atoms with Crippen molar-refractivity contribution in [2.75, 3.05) is 6.54 Å². The van der Waals surface area contributed by atoms with Crippen LogP contribution in [0.15, 0.2) is 24.3 Å². The molecule has 1 saturated heterocycles. The fourth-order valence-electron chi connectivity index (χ4n) is 1.61. The van der Waals surface area contributed by atoms with Crippen LogP contribution >= 0.6 is 0 Å². The average molecular weight is 222 g/mol. The second-order valence-electron chi connectivity index (χ2n) is 3.65. The summed E-state index contributed by atoms with van der Waals surface area (Å²) in [6.07, 6.45) is 0.293. The number of hydrogen-bond acceptors (Lipinski definition) is 2. The van der Waals surface area contributed by atoms with Gasteiger partial charge >= 0.3 is 6.03 Å². The Hall–Kier alpha value is -1.91. The lowest BCUT2D eigenvalue weighted by Gasteiger charge is -2.26. The number of amides is 3. The highest BCUT2D eigenvalue weighted by molar-refractivity contribution is 5.96. The predicted molar refractivity (Wildman–Crippen MR) is 55.0 cm³/mol. The highest BCUT2D eigenvalue weighted by Crippen LogP contribution is 2.09. The molecule has 2 rings (SSSR count). The molecule has 0 radical (unpaired) electrons. The molecule has 1 aliphatic heterocycles. The summed E-state index contributed by atoms with van der Waals surface area (Å²) in [5, 5.41) is 2.22. The Morgan fingerprint density at radius 2 is 2.19 bits per heavy atom. The molecule has 16 heavy (non-hydrogen) atoms. The van der Waals surface area contributed by atoms with Crippen molar-refractivity contribution in [3.05, 3.63) is 35.6 Å². The van der Waals surface area contributed by atoms with Crippen molar-refractivity contribution in [1.29, 1.82) is 0 Å². The first-order valence-corrected chi connectivity index (χ1v) is 4.98. The van der Waals surface area contributed by atoms with Crippen LogP contribution in [0.2, 0.25) is 0 Å². The van der Waals surface area contributed by atoms with Crippen molar-refractivity contribution in [2.45, 2.75) is 13.0 Å². The van der Waals surface area contributed by atoms with Crippen molar-refractivity contribution in [2.24, 2.45) is 0 Å². The number of halogens is 1. The van der Waals surface area contributed by atoms with E-state index in [2.05, 4.69) is 5.32 Å². The number of nitrogens with zero attached hydrogens (tertiary/aromatic N) is 1. The summed E-state index contributed by atoms with van der Waals surface area (Å²) in [6.45, 7) is 0.693. The second kappa shape index (κ2) is 4.30. The minimum Gasteiger partial charge on any atom is -0.320 e. The first kappa shape index (κ1) is 10.6. The Morgan fingerprint density at radius 3 is 2.88 bits per heavy atom. The smallest absolute Gasteiger partial charge is 0.320 e. The number of carbonyl (C=O) groups excluding carboxylic acids is 2. The molecule has 1 aromatic rings. The van der Waals surface area contributed by atoms with Gasteiger partial charge in [0.1, 0.15) is 5.82 Å². The van der Waals surface area contributed by atoms with Crippen LogP contribution in [0.1, 0.15) is 12.0 Å². The van der Waals surface area contributed by atoms with Gasteiger partial charge in [-0.25, -0.2) is 9.18 Å². The van der Waals surface area contributed by atoms with Crippen LogP contribution in [0, 0.1) is 5.82 Å². The minimum atomic E-state index is -0.416. The van der Waals surface area contributed by atoms with Gasteiger partial charge in [-0.1, -0.05) is 12.1 Å². The molecule has 1 N–H and O–H groups in total. The number of nitrogens with one attached hydrogen (secondary N) is 1. The van der Waals surface area contributed by atoms with Gasteiger partial charge in [-0.2, -0.15) is 0 Å². The molecule has 0 spiro atoms. The average Bonchev–Trinajstić information content (AvgIpc) is 2.22. The summed E-state index contributed by atoms with van der Waals surface area (Å²) in [7, 11) is 0. The molecular formula is C11H11FN2O2. The first-order chi connectivity index (χ1) is 7.65. The zero-order valence-corrected chi connectivity index (χ0v) is 8.57. The molecule has 0 bridgehead atoms. The van der Waals surface area contributed by atoms with Crippen LogP contribution in [0.3, 0.4) is 0 Å². The van der Waals surface area contributed by atoms with Gasteiger partial charge in [-0.3, -0.25) is 10.1 Å². The Labute approximate surface area is 92.0 Å². The van der Waals surface area contributed by atoms with Crippen molar-refractivity contribution in [3.8, 4) is 0 Å². The maximum atomic E-state index is 12.9. The lowest BCUT2D eigenvalue weighted by molar-refractivity contribution is -0.121. The van der Waals surface area contributed by atoms with Gasteiger partial charge < -0.3 is 4.90 Å². The quantitative estimate of drug-likeness (QED) is 0.819. The number of benzene rings is 1. The molecule has 0 saturated carbocycles. The van der Waals surface area contributed by atoms with Gasteiger partial charge in [-0.05, 0) is 17.7 Å². The molecule has 0 aliphatic carbocycles. The third-order valence-corrected chi connectivity index (χ3v) is 2.40. The molecule has 1 heterocycles. The molecule has 1 aliphatic rings. The van der Waals surface area contributed by atoms with Crippen LogP contribution in [0.5, 0.6) is 0 Å². The van der Waals surface area contributed by atoms with E-state index in [-0.39, 0.29) is 11.7 Å². The molecule has 0 aromatic heterocycles. The van der Waals surface area contributed by atoms with E-state index in [1.54, 1.807) is 12.1 Å². The zero-order valence-electron chi connectivity index (χ0n) is 8.57. The molecule has 1 fully saturated rings. The van der Waals surface area contributed by atoms with Crippen LogP contribution in [0.4, 0.5) is 9.18 Å². The summed E-state index contributed by atoms with van der Waals surface area (Å²) < 4.78 is 12.9. The van der Waals surface area contributed by atoms with Crippen molar-refractivity contribution in [3.63, 3.8) is 0 Å². The summed E-state index contributed by atoms with van der Waals surface area (Å²) in [5.41, 5.74) is 0.712. The number of imide groups is 1. The molecule has 0 atom stereocenters. The summed E-state index contributed by atoms with van der Waals surface area (Å²) in [4.78, 5) is 23.8. The highest BCUT2D eigenvalue weighted by Gasteiger charge is 2.22. The van der Waals surface area contributed by atoms with Crippen molar-refractivity contribution >= 4 is 11.9 Å². The largest absolute Gasteiger partial charge is 0.324 e. The van der Waals surface area contributed by atoms with Gasteiger partial charge in [0.2, 0.25) is 5.91 Å². The Morgan fingerprint density at radius 1 is 1.38 bits per heavy atom. The van der Waals surface area contributed by atoms with E-state index in [1.807, 2.05) is 0 Å². The molecule has 4 nitrogen and oxygen atoms in total. The molecule has 84 valence electrons. The number of urea groups is 1. The maximum Gasteiger partial charge on any atom is 0.324 e. The monoisotopic (exact) mass is 222 g/mol. The summed E-state index contributed by atoms with van der Waals surface area (Å²) in [6, 6.07) is 5.65. The lowest BCUT2D eigenvalue weighted by Crippen LogP contribution is -2.48. The van der Waals surface area contributed by atoms with E-state index in [0.29, 0.717) is 25.1 Å². The van der Waals surface area contributed by atoms with E-state index in [1.165, 1.54) is 17.0 Å². The van der Waals surface area contributed by atoms with Crippen LogP contribution in [0.25, 0.3) is 0 Å². The van der Waals surface area contributed by atoms with E-state index in [0.717, 1.165) is 0 Å². The number of rotatable bonds is 2. The molecular weight excluding hydrogens is 211 g/mol. The van der Waals surface area contributed by atoms with Gasteiger partial charge in [0.05, 0.1) is 0 Å². The Kier molecular flexibility index (Phi) is 2.85. The fraction of sp³-hybridized carbons (Fsp3) is 0.273.